The van der Waals surface area contributed by atoms with Crippen molar-refractivity contribution in [1.29, 1.82) is 5.26 Å². The Hall–Kier alpha value is -4.25. The third-order valence-corrected chi connectivity index (χ3v) is 4.44. The Morgan fingerprint density at radius 1 is 1.06 bits per heavy atom. The van der Waals surface area contributed by atoms with Crippen LogP contribution in [0.4, 0.5) is 5.82 Å². The summed E-state index contributed by atoms with van der Waals surface area (Å²) in [5.41, 5.74) is 1.70. The number of carbonyl (C=O) groups is 1. The van der Waals surface area contributed by atoms with Crippen molar-refractivity contribution in [3.05, 3.63) is 71.0 Å². The Balaban J connectivity index is 1.65. The number of hydrogen-bond donors (Lipinski definition) is 1. The molecule has 8 heteroatoms. The summed E-state index contributed by atoms with van der Waals surface area (Å²) < 4.78 is 22.1. The number of anilines is 1. The van der Waals surface area contributed by atoms with Crippen LogP contribution in [0.25, 0.3) is 6.08 Å². The van der Waals surface area contributed by atoms with Gasteiger partial charge < -0.3 is 24.1 Å². The van der Waals surface area contributed by atoms with E-state index in [0.717, 1.165) is 5.75 Å². The highest BCUT2D eigenvalue weighted by molar-refractivity contribution is 6.09. The minimum absolute atomic E-state index is 0.0849. The fraction of sp³-hybridized carbons (Fsp3) is 0.240. The van der Waals surface area contributed by atoms with Crippen LogP contribution in [0, 0.1) is 25.2 Å². The molecule has 3 rings (SSSR count). The van der Waals surface area contributed by atoms with Crippen molar-refractivity contribution in [1.82, 2.24) is 5.16 Å². The number of aromatic nitrogens is 1. The Kier molecular flexibility index (Phi) is 8.08. The zero-order valence-corrected chi connectivity index (χ0v) is 18.8. The molecule has 0 aliphatic carbocycles. The average molecular weight is 447 g/mol. The van der Waals surface area contributed by atoms with Gasteiger partial charge in [-0.05, 0) is 56.7 Å². The van der Waals surface area contributed by atoms with Gasteiger partial charge in [0.1, 0.15) is 36.4 Å². The number of rotatable bonds is 10. The molecule has 0 saturated heterocycles. The number of aryl methyl sites for hydroxylation is 2. The minimum atomic E-state index is -0.586. The van der Waals surface area contributed by atoms with E-state index in [-0.39, 0.29) is 11.4 Å². The van der Waals surface area contributed by atoms with Crippen LogP contribution >= 0.6 is 0 Å². The predicted octanol–water partition coefficient (Wildman–Crippen LogP) is 4.69. The average Bonchev–Trinajstić information content (AvgIpc) is 3.21. The van der Waals surface area contributed by atoms with Crippen molar-refractivity contribution >= 4 is 17.8 Å². The molecular weight excluding hydrogens is 422 g/mol. The molecule has 0 spiro atoms. The van der Waals surface area contributed by atoms with E-state index in [1.807, 2.05) is 44.2 Å². The predicted molar refractivity (Wildman–Crippen MR) is 123 cm³/mol. The molecule has 33 heavy (non-hydrogen) atoms. The van der Waals surface area contributed by atoms with E-state index in [0.29, 0.717) is 42.6 Å². The fourth-order valence-electron chi connectivity index (χ4n) is 2.87. The number of nitriles is 1. The quantitative estimate of drug-likeness (QED) is 0.273. The first-order chi connectivity index (χ1) is 16.0. The van der Waals surface area contributed by atoms with Gasteiger partial charge in [-0.2, -0.15) is 5.26 Å². The molecule has 0 radical (unpaired) electrons. The van der Waals surface area contributed by atoms with Gasteiger partial charge in [-0.25, -0.2) is 0 Å². The third-order valence-electron chi connectivity index (χ3n) is 4.44. The van der Waals surface area contributed by atoms with Crippen LogP contribution in [0.5, 0.6) is 17.2 Å². The van der Waals surface area contributed by atoms with Crippen molar-refractivity contribution in [2.24, 2.45) is 0 Å². The number of carbonyl (C=O) groups excluding carboxylic acids is 1. The minimum Gasteiger partial charge on any atom is -0.490 e. The van der Waals surface area contributed by atoms with Gasteiger partial charge in [-0.15, -0.1) is 0 Å². The van der Waals surface area contributed by atoms with E-state index >= 15 is 0 Å². The lowest BCUT2D eigenvalue weighted by Gasteiger charge is -2.13. The maximum Gasteiger partial charge on any atom is 0.267 e. The van der Waals surface area contributed by atoms with E-state index in [1.54, 1.807) is 31.2 Å². The molecule has 0 atom stereocenters. The van der Waals surface area contributed by atoms with Crippen LogP contribution in [0.2, 0.25) is 0 Å². The Morgan fingerprint density at radius 2 is 1.82 bits per heavy atom. The van der Waals surface area contributed by atoms with Gasteiger partial charge in [0.25, 0.3) is 5.91 Å². The van der Waals surface area contributed by atoms with Crippen molar-refractivity contribution in [3.8, 4) is 23.3 Å². The van der Waals surface area contributed by atoms with Gasteiger partial charge >= 0.3 is 0 Å². The zero-order valence-electron chi connectivity index (χ0n) is 18.8. The molecule has 0 fully saturated rings. The molecule has 0 aliphatic rings. The Bertz CT molecular complexity index is 1160. The van der Waals surface area contributed by atoms with Gasteiger partial charge in [-0.3, -0.25) is 4.79 Å². The van der Waals surface area contributed by atoms with Crippen molar-refractivity contribution in [2.45, 2.75) is 20.8 Å². The monoisotopic (exact) mass is 447 g/mol. The van der Waals surface area contributed by atoms with Crippen LogP contribution in [0.1, 0.15) is 23.8 Å². The van der Waals surface area contributed by atoms with E-state index in [9.17, 15) is 10.1 Å². The Morgan fingerprint density at radius 3 is 2.48 bits per heavy atom. The zero-order chi connectivity index (χ0) is 23.6. The van der Waals surface area contributed by atoms with Crippen molar-refractivity contribution in [2.75, 3.05) is 25.1 Å². The SMILES string of the molecule is CCOc1cc(/C=C(/C#N)C(=O)Nc2cc(C)on2)ccc1OCCOc1ccc(C)cc1. The van der Waals surface area contributed by atoms with E-state index in [2.05, 4.69) is 10.5 Å². The second-order valence-corrected chi connectivity index (χ2v) is 7.10. The molecule has 1 N–H and O–H groups in total. The summed E-state index contributed by atoms with van der Waals surface area (Å²) in [6, 6.07) is 16.4. The summed E-state index contributed by atoms with van der Waals surface area (Å²) in [4.78, 5) is 12.4. The fourth-order valence-corrected chi connectivity index (χ4v) is 2.87. The maximum atomic E-state index is 12.4. The summed E-state index contributed by atoms with van der Waals surface area (Å²) in [7, 11) is 0. The largest absolute Gasteiger partial charge is 0.490 e. The number of hydrogen-bond acceptors (Lipinski definition) is 7. The van der Waals surface area contributed by atoms with Crippen molar-refractivity contribution < 1.29 is 23.5 Å². The molecule has 8 nitrogen and oxygen atoms in total. The van der Waals surface area contributed by atoms with Crippen molar-refractivity contribution in [3.63, 3.8) is 0 Å². The van der Waals surface area contributed by atoms with E-state index in [1.165, 1.54) is 11.6 Å². The number of nitrogens with zero attached hydrogens (tertiary/aromatic N) is 2. The van der Waals surface area contributed by atoms with Crippen LogP contribution in [0.15, 0.2) is 58.6 Å². The maximum absolute atomic E-state index is 12.4. The second kappa shape index (κ2) is 11.4. The number of ether oxygens (including phenoxy) is 3. The van der Waals surface area contributed by atoms with Gasteiger partial charge in [0.2, 0.25) is 0 Å². The Labute approximate surface area is 192 Å². The van der Waals surface area contributed by atoms with Gasteiger partial charge in [0.05, 0.1) is 6.61 Å². The molecule has 0 saturated carbocycles. The molecule has 1 amide bonds. The molecule has 170 valence electrons. The standard InChI is InChI=1S/C25H25N3O5/c1-4-30-23-15-19(14-20(16-26)25(29)27-24-13-18(3)33-28-24)7-10-22(23)32-12-11-31-21-8-5-17(2)6-9-21/h5-10,13-15H,4,11-12H2,1-3H3,(H,27,28,29)/b20-14-. The smallest absolute Gasteiger partial charge is 0.267 e. The topological polar surface area (TPSA) is 107 Å². The number of amides is 1. The molecule has 1 aromatic heterocycles. The van der Waals surface area contributed by atoms with Crippen LogP contribution in [-0.2, 0) is 4.79 Å². The number of benzene rings is 2. The first-order valence-corrected chi connectivity index (χ1v) is 10.4. The molecule has 0 aliphatic heterocycles. The van der Waals surface area contributed by atoms with Gasteiger partial charge in [0.15, 0.2) is 17.3 Å². The number of nitrogens with one attached hydrogen (secondary N) is 1. The normalized spacial score (nSPS) is 10.9. The lowest BCUT2D eigenvalue weighted by Crippen LogP contribution is -2.13. The highest BCUT2D eigenvalue weighted by Crippen LogP contribution is 2.29. The molecule has 2 aromatic carbocycles. The molecule has 0 bridgehead atoms. The van der Waals surface area contributed by atoms with E-state index in [4.69, 9.17) is 18.7 Å². The summed E-state index contributed by atoms with van der Waals surface area (Å²) in [6.45, 7) is 6.71. The summed E-state index contributed by atoms with van der Waals surface area (Å²) in [6.07, 6.45) is 1.47. The molecule has 1 heterocycles. The van der Waals surface area contributed by atoms with Gasteiger partial charge in [-0.1, -0.05) is 28.9 Å². The second-order valence-electron chi connectivity index (χ2n) is 7.10. The molecular formula is C25H25N3O5. The highest BCUT2D eigenvalue weighted by atomic mass is 16.5. The first kappa shape index (κ1) is 23.4. The molecule has 0 unspecified atom stereocenters. The summed E-state index contributed by atoms with van der Waals surface area (Å²) in [5, 5.41) is 15.7. The first-order valence-electron chi connectivity index (χ1n) is 10.4. The molecule has 3 aromatic rings. The lowest BCUT2D eigenvalue weighted by molar-refractivity contribution is -0.112. The summed E-state index contributed by atoms with van der Waals surface area (Å²) >= 11 is 0. The van der Waals surface area contributed by atoms with Crippen LogP contribution in [0.3, 0.4) is 0 Å². The highest BCUT2D eigenvalue weighted by Gasteiger charge is 2.13. The lowest BCUT2D eigenvalue weighted by atomic mass is 10.1. The van der Waals surface area contributed by atoms with Crippen LogP contribution < -0.4 is 19.5 Å². The van der Waals surface area contributed by atoms with Gasteiger partial charge in [0, 0.05) is 6.07 Å². The van der Waals surface area contributed by atoms with E-state index < -0.39 is 5.91 Å². The van der Waals surface area contributed by atoms with Crippen LogP contribution in [-0.4, -0.2) is 30.9 Å². The third kappa shape index (κ3) is 6.87. The summed E-state index contributed by atoms with van der Waals surface area (Å²) in [5.74, 6) is 2.03.